The van der Waals surface area contributed by atoms with Gasteiger partial charge in [-0.1, -0.05) is 6.92 Å². The molecular weight excluding hydrogens is 114 g/mol. The van der Waals surface area contributed by atoms with Crippen molar-refractivity contribution in [2.24, 2.45) is 11.8 Å². The van der Waals surface area contributed by atoms with Gasteiger partial charge >= 0.3 is 0 Å². The molecule has 2 nitrogen and oxygen atoms in total. The monoisotopic (exact) mass is 125 g/mol. The van der Waals surface area contributed by atoms with Crippen LogP contribution in [-0.4, -0.2) is 23.9 Å². The molecule has 50 valence electrons. The molecule has 1 saturated heterocycles. The Morgan fingerprint density at radius 1 is 1.67 bits per heavy atom. The van der Waals surface area contributed by atoms with Gasteiger partial charge in [0.25, 0.3) is 0 Å². The predicted octanol–water partition coefficient (Wildman–Crippen LogP) is 0.483. The molecule has 2 rings (SSSR count). The van der Waals surface area contributed by atoms with E-state index in [1.807, 2.05) is 18.9 Å². The Balaban J connectivity index is 2.23. The number of piperidine rings is 1. The molecule has 0 N–H and O–H groups in total. The molecule has 2 aliphatic rings. The van der Waals surface area contributed by atoms with Gasteiger partial charge in [-0.15, -0.1) is 0 Å². The first-order chi connectivity index (χ1) is 4.22. The van der Waals surface area contributed by atoms with Crippen molar-refractivity contribution in [3.63, 3.8) is 0 Å². The lowest BCUT2D eigenvalue weighted by Gasteiger charge is -2.11. The first-order valence-electron chi connectivity index (χ1n) is 3.48. The summed E-state index contributed by atoms with van der Waals surface area (Å²) >= 11 is 0. The lowest BCUT2D eigenvalue weighted by molar-refractivity contribution is -0.131. The lowest BCUT2D eigenvalue weighted by Crippen LogP contribution is -2.26. The van der Waals surface area contributed by atoms with Crippen molar-refractivity contribution < 1.29 is 4.79 Å². The number of rotatable bonds is 0. The second kappa shape index (κ2) is 1.31. The number of hydrogen-bond donors (Lipinski definition) is 0. The average molecular weight is 125 g/mol. The van der Waals surface area contributed by atoms with Gasteiger partial charge in [-0.2, -0.15) is 0 Å². The maximum absolute atomic E-state index is 11.1. The van der Waals surface area contributed by atoms with Gasteiger partial charge in [0.1, 0.15) is 0 Å². The summed E-state index contributed by atoms with van der Waals surface area (Å²) in [6.45, 7) is 2.04. The van der Waals surface area contributed by atoms with Crippen LogP contribution >= 0.6 is 0 Å². The van der Waals surface area contributed by atoms with Crippen molar-refractivity contribution >= 4 is 5.91 Å². The molecule has 0 unspecified atom stereocenters. The molecule has 0 radical (unpaired) electrons. The molecule has 0 aromatic carbocycles. The van der Waals surface area contributed by atoms with Crippen molar-refractivity contribution in [2.75, 3.05) is 7.05 Å². The Hall–Kier alpha value is -0.530. The normalized spacial score (nSPS) is 47.6. The molecule has 1 amide bonds. The van der Waals surface area contributed by atoms with Crippen molar-refractivity contribution in [1.82, 2.24) is 4.90 Å². The van der Waals surface area contributed by atoms with Crippen LogP contribution in [0.15, 0.2) is 0 Å². The van der Waals surface area contributed by atoms with Gasteiger partial charge in [0.2, 0.25) is 5.91 Å². The average Bonchev–Trinajstić information content (AvgIpc) is 2.56. The van der Waals surface area contributed by atoms with Crippen LogP contribution in [0.25, 0.3) is 0 Å². The minimum absolute atomic E-state index is 0.319. The standard InChI is InChI=1S/C7H11NO/c1-4-5-3-6(5)8(2)7(4)9/h4-6H,3H2,1-2H3/t4-,5+,6+/m0/s1. The Morgan fingerprint density at radius 2 is 2.33 bits per heavy atom. The van der Waals surface area contributed by atoms with Crippen LogP contribution in [-0.2, 0) is 4.79 Å². The smallest absolute Gasteiger partial charge is 0.225 e. The molecule has 3 atom stereocenters. The quantitative estimate of drug-likeness (QED) is 0.461. The van der Waals surface area contributed by atoms with Crippen molar-refractivity contribution in [3.8, 4) is 0 Å². The Kier molecular flexibility index (Phi) is 0.765. The number of hydrogen-bond acceptors (Lipinski definition) is 1. The molecule has 0 bridgehead atoms. The summed E-state index contributed by atoms with van der Waals surface area (Å²) in [5.41, 5.74) is 0. The minimum atomic E-state index is 0.319. The Labute approximate surface area is 54.8 Å². The zero-order chi connectivity index (χ0) is 6.59. The number of nitrogens with zero attached hydrogens (tertiary/aromatic N) is 1. The highest BCUT2D eigenvalue weighted by atomic mass is 16.2. The highest BCUT2D eigenvalue weighted by molar-refractivity contribution is 5.83. The Morgan fingerprint density at radius 3 is 2.56 bits per heavy atom. The third kappa shape index (κ3) is 0.485. The van der Waals surface area contributed by atoms with Crippen LogP contribution in [0.1, 0.15) is 13.3 Å². The molecule has 9 heavy (non-hydrogen) atoms. The van der Waals surface area contributed by atoms with E-state index < -0.39 is 0 Å². The summed E-state index contributed by atoms with van der Waals surface area (Å²) in [6, 6.07) is 0.618. The van der Waals surface area contributed by atoms with E-state index in [-0.39, 0.29) is 0 Å². The van der Waals surface area contributed by atoms with Crippen molar-refractivity contribution in [3.05, 3.63) is 0 Å². The molecule has 0 aromatic rings. The van der Waals surface area contributed by atoms with E-state index in [1.165, 1.54) is 6.42 Å². The van der Waals surface area contributed by atoms with E-state index in [2.05, 4.69) is 0 Å². The molecule has 0 aromatic heterocycles. The lowest BCUT2D eigenvalue weighted by atomic mass is 10.1. The predicted molar refractivity (Wildman–Crippen MR) is 33.8 cm³/mol. The van der Waals surface area contributed by atoms with E-state index in [0.717, 1.165) is 0 Å². The zero-order valence-electron chi connectivity index (χ0n) is 5.79. The van der Waals surface area contributed by atoms with Crippen molar-refractivity contribution in [1.29, 1.82) is 0 Å². The fraction of sp³-hybridized carbons (Fsp3) is 0.857. The van der Waals surface area contributed by atoms with Gasteiger partial charge in [-0.25, -0.2) is 0 Å². The molecule has 2 heteroatoms. The van der Waals surface area contributed by atoms with Gasteiger partial charge in [-0.3, -0.25) is 4.79 Å². The highest BCUT2D eigenvalue weighted by Crippen LogP contribution is 2.47. The highest BCUT2D eigenvalue weighted by Gasteiger charge is 2.54. The first-order valence-corrected chi connectivity index (χ1v) is 3.48. The zero-order valence-corrected chi connectivity index (χ0v) is 5.79. The summed E-state index contributed by atoms with van der Waals surface area (Å²) in [4.78, 5) is 13.0. The number of fused-ring (bicyclic) bond motifs is 1. The molecule has 1 aliphatic carbocycles. The summed E-state index contributed by atoms with van der Waals surface area (Å²) in [5, 5.41) is 0. The third-order valence-corrected chi connectivity index (χ3v) is 2.68. The van der Waals surface area contributed by atoms with E-state index in [0.29, 0.717) is 23.8 Å². The van der Waals surface area contributed by atoms with Gasteiger partial charge in [-0.05, 0) is 12.3 Å². The van der Waals surface area contributed by atoms with Gasteiger partial charge < -0.3 is 4.90 Å². The van der Waals surface area contributed by atoms with Crippen LogP contribution < -0.4 is 0 Å². The summed E-state index contributed by atoms with van der Waals surface area (Å²) in [7, 11) is 1.91. The van der Waals surface area contributed by atoms with E-state index in [4.69, 9.17) is 0 Å². The summed E-state index contributed by atoms with van der Waals surface area (Å²) < 4.78 is 0. The van der Waals surface area contributed by atoms with E-state index in [1.54, 1.807) is 0 Å². The topological polar surface area (TPSA) is 20.3 Å². The second-order valence-corrected chi connectivity index (χ2v) is 3.20. The minimum Gasteiger partial charge on any atom is -0.342 e. The SMILES string of the molecule is C[C@@H]1C(=O)N(C)[C@@H]2C[C@H]12. The fourth-order valence-corrected chi connectivity index (χ4v) is 1.85. The maximum atomic E-state index is 11.1. The van der Waals surface area contributed by atoms with Gasteiger partial charge in [0, 0.05) is 19.0 Å². The number of carbonyl (C=O) groups is 1. The summed E-state index contributed by atoms with van der Waals surface area (Å²) in [5.74, 6) is 1.37. The number of carbonyl (C=O) groups excluding carboxylic acids is 1. The Bertz CT molecular complexity index is 150. The molecule has 2 fully saturated rings. The van der Waals surface area contributed by atoms with Crippen LogP contribution in [0.3, 0.4) is 0 Å². The second-order valence-electron chi connectivity index (χ2n) is 3.20. The molecule has 0 spiro atoms. The number of amides is 1. The van der Waals surface area contributed by atoms with Crippen LogP contribution in [0.2, 0.25) is 0 Å². The first kappa shape index (κ1) is 5.27. The van der Waals surface area contributed by atoms with Gasteiger partial charge in [0.15, 0.2) is 0 Å². The van der Waals surface area contributed by atoms with Gasteiger partial charge in [0.05, 0.1) is 0 Å². The van der Waals surface area contributed by atoms with E-state index in [9.17, 15) is 4.79 Å². The molecule has 1 aliphatic heterocycles. The maximum Gasteiger partial charge on any atom is 0.225 e. The molecule has 1 saturated carbocycles. The van der Waals surface area contributed by atoms with E-state index >= 15 is 0 Å². The van der Waals surface area contributed by atoms with Crippen LogP contribution in [0.5, 0.6) is 0 Å². The van der Waals surface area contributed by atoms with Crippen molar-refractivity contribution in [2.45, 2.75) is 19.4 Å². The molecule has 1 heterocycles. The summed E-state index contributed by atoms with van der Waals surface area (Å²) in [6.07, 6.45) is 1.25. The fourth-order valence-electron chi connectivity index (χ4n) is 1.85. The number of likely N-dealkylation sites (tertiary alicyclic amines) is 1. The third-order valence-electron chi connectivity index (χ3n) is 2.68. The largest absolute Gasteiger partial charge is 0.342 e. The van der Waals surface area contributed by atoms with Crippen LogP contribution in [0.4, 0.5) is 0 Å². The molecular formula is C7H11NO. The van der Waals surface area contributed by atoms with Crippen LogP contribution in [0, 0.1) is 11.8 Å².